The van der Waals surface area contributed by atoms with Gasteiger partial charge in [0.05, 0.1) is 11.8 Å². The van der Waals surface area contributed by atoms with Gasteiger partial charge in [0.15, 0.2) is 0 Å². The van der Waals surface area contributed by atoms with Crippen LogP contribution in [0.1, 0.15) is 13.8 Å². The molecule has 0 aliphatic heterocycles. The van der Waals surface area contributed by atoms with E-state index in [0.29, 0.717) is 5.95 Å². The second-order valence-electron chi connectivity index (χ2n) is 3.51. The predicted molar refractivity (Wildman–Crippen MR) is 68.2 cm³/mol. The fourth-order valence-electron chi connectivity index (χ4n) is 1.12. The molecule has 0 saturated carbocycles. The highest BCUT2D eigenvalue weighted by Gasteiger charge is 2.07. The molecule has 90 valence electrons. The van der Waals surface area contributed by atoms with Crippen molar-refractivity contribution in [1.29, 1.82) is 0 Å². The molecule has 0 aromatic carbocycles. The summed E-state index contributed by atoms with van der Waals surface area (Å²) in [7, 11) is 0. The second kappa shape index (κ2) is 5.29. The number of nitrogens with zero attached hydrogens (tertiary/aromatic N) is 3. The van der Waals surface area contributed by atoms with Gasteiger partial charge in [0.25, 0.3) is 0 Å². The third-order valence-corrected chi connectivity index (χ3v) is 2.56. The molecule has 0 atom stereocenters. The molecule has 0 amide bonds. The van der Waals surface area contributed by atoms with Gasteiger partial charge in [-0.3, -0.25) is 0 Å². The van der Waals surface area contributed by atoms with Gasteiger partial charge in [-0.15, -0.1) is 0 Å². The molecular weight excluding hydrogens is 260 g/mol. The zero-order valence-electron chi connectivity index (χ0n) is 9.35. The fourth-order valence-corrected chi connectivity index (χ4v) is 1.86. The van der Waals surface area contributed by atoms with Crippen LogP contribution in [-0.2, 0) is 0 Å². The number of nitrogens with one attached hydrogen (secondary N) is 1. The van der Waals surface area contributed by atoms with E-state index in [1.165, 1.54) is 0 Å². The maximum Gasteiger partial charge on any atom is 0.322 e. The Morgan fingerprint density at radius 1 is 1.35 bits per heavy atom. The van der Waals surface area contributed by atoms with Crippen LogP contribution in [0.15, 0.2) is 16.8 Å². The number of hydrogen-bond acceptors (Lipinski definition) is 6. The Morgan fingerprint density at radius 3 is 2.82 bits per heavy atom. The summed E-state index contributed by atoms with van der Waals surface area (Å²) in [6, 6.07) is 2.14. The molecule has 2 aromatic heterocycles. The van der Waals surface area contributed by atoms with E-state index in [9.17, 15) is 0 Å². The van der Waals surface area contributed by atoms with Crippen molar-refractivity contribution < 1.29 is 4.74 Å². The zero-order valence-corrected chi connectivity index (χ0v) is 10.9. The van der Waals surface area contributed by atoms with Crippen molar-refractivity contribution in [2.24, 2.45) is 0 Å². The molecule has 0 aliphatic rings. The third-order valence-electron chi connectivity index (χ3n) is 1.71. The number of aromatic nitrogens is 3. The number of rotatable bonds is 4. The van der Waals surface area contributed by atoms with Crippen molar-refractivity contribution in [3.63, 3.8) is 0 Å². The van der Waals surface area contributed by atoms with Crippen LogP contribution in [0.3, 0.4) is 0 Å². The minimum atomic E-state index is -0.0116. The fraction of sp³-hybridized carbons (Fsp3) is 0.300. The lowest BCUT2D eigenvalue weighted by atomic mass is 10.5. The molecule has 0 unspecified atom stereocenters. The van der Waals surface area contributed by atoms with Crippen LogP contribution in [0, 0.1) is 0 Å². The van der Waals surface area contributed by atoms with Gasteiger partial charge >= 0.3 is 6.01 Å². The van der Waals surface area contributed by atoms with Crippen molar-refractivity contribution in [2.75, 3.05) is 5.32 Å². The molecule has 0 radical (unpaired) electrons. The predicted octanol–water partition coefficient (Wildman–Crippen LogP) is 3.12. The van der Waals surface area contributed by atoms with E-state index in [-0.39, 0.29) is 17.4 Å². The van der Waals surface area contributed by atoms with Gasteiger partial charge < -0.3 is 10.1 Å². The molecule has 2 heterocycles. The Balaban J connectivity index is 2.19. The average molecular weight is 271 g/mol. The Kier molecular flexibility index (Phi) is 3.75. The first-order valence-corrected chi connectivity index (χ1v) is 6.33. The summed E-state index contributed by atoms with van der Waals surface area (Å²) in [5.41, 5.74) is 0.910. The quantitative estimate of drug-likeness (QED) is 0.925. The standard InChI is InChI=1S/C10H11ClN4OS/c1-6(2)16-10-14-8(11)13-9(15-10)12-7-3-4-17-5-7/h3-6H,1-2H3,(H,12,13,14,15). The van der Waals surface area contributed by atoms with E-state index in [4.69, 9.17) is 16.3 Å². The first-order chi connectivity index (χ1) is 8.13. The van der Waals surface area contributed by atoms with Gasteiger partial charge in [-0.05, 0) is 36.9 Å². The summed E-state index contributed by atoms with van der Waals surface area (Å²) < 4.78 is 5.37. The van der Waals surface area contributed by atoms with Crippen LogP contribution >= 0.6 is 22.9 Å². The molecule has 5 nitrogen and oxygen atoms in total. The molecule has 2 aromatic rings. The van der Waals surface area contributed by atoms with Crippen molar-refractivity contribution in [3.8, 4) is 6.01 Å². The highest BCUT2D eigenvalue weighted by Crippen LogP contribution is 2.19. The summed E-state index contributed by atoms with van der Waals surface area (Å²) >= 11 is 7.37. The maximum absolute atomic E-state index is 5.79. The van der Waals surface area contributed by atoms with E-state index in [1.807, 2.05) is 30.7 Å². The van der Waals surface area contributed by atoms with Crippen molar-refractivity contribution in [1.82, 2.24) is 15.0 Å². The molecular formula is C10H11ClN4OS. The molecule has 0 spiro atoms. The Bertz CT molecular complexity index is 489. The maximum atomic E-state index is 5.79. The number of halogens is 1. The van der Waals surface area contributed by atoms with Gasteiger partial charge in [-0.25, -0.2) is 0 Å². The highest BCUT2D eigenvalue weighted by molar-refractivity contribution is 7.08. The SMILES string of the molecule is CC(C)Oc1nc(Cl)nc(Nc2ccsc2)n1. The minimum absolute atomic E-state index is 0.0116. The van der Waals surface area contributed by atoms with Crippen molar-refractivity contribution in [2.45, 2.75) is 20.0 Å². The van der Waals surface area contributed by atoms with Crippen LogP contribution < -0.4 is 10.1 Å². The number of hydrogen-bond donors (Lipinski definition) is 1. The normalized spacial score (nSPS) is 10.6. The lowest BCUT2D eigenvalue weighted by Gasteiger charge is -2.08. The Morgan fingerprint density at radius 2 is 2.18 bits per heavy atom. The van der Waals surface area contributed by atoms with Crippen LogP contribution in [0.4, 0.5) is 11.6 Å². The van der Waals surface area contributed by atoms with Gasteiger partial charge in [0, 0.05) is 5.38 Å². The van der Waals surface area contributed by atoms with E-state index in [0.717, 1.165) is 5.69 Å². The molecule has 0 fully saturated rings. The van der Waals surface area contributed by atoms with Crippen LogP contribution in [0.25, 0.3) is 0 Å². The van der Waals surface area contributed by atoms with Crippen LogP contribution in [0.2, 0.25) is 5.28 Å². The largest absolute Gasteiger partial charge is 0.461 e. The number of ether oxygens (including phenoxy) is 1. The monoisotopic (exact) mass is 270 g/mol. The van der Waals surface area contributed by atoms with E-state index >= 15 is 0 Å². The summed E-state index contributed by atoms with van der Waals surface area (Å²) in [5.74, 6) is 0.374. The average Bonchev–Trinajstić information content (AvgIpc) is 2.67. The van der Waals surface area contributed by atoms with Gasteiger partial charge in [0.2, 0.25) is 11.2 Å². The molecule has 0 bridgehead atoms. The summed E-state index contributed by atoms with van der Waals surface area (Å²) in [4.78, 5) is 12.0. The minimum Gasteiger partial charge on any atom is -0.461 e. The summed E-state index contributed by atoms with van der Waals surface area (Å²) in [5, 5.41) is 7.03. The Labute approximate surface area is 108 Å². The van der Waals surface area contributed by atoms with E-state index in [1.54, 1.807) is 11.3 Å². The lowest BCUT2D eigenvalue weighted by molar-refractivity contribution is 0.222. The molecule has 7 heteroatoms. The van der Waals surface area contributed by atoms with E-state index in [2.05, 4.69) is 20.3 Å². The highest BCUT2D eigenvalue weighted by atomic mass is 35.5. The summed E-state index contributed by atoms with van der Waals surface area (Å²) in [6.45, 7) is 3.79. The molecule has 0 saturated heterocycles. The first-order valence-electron chi connectivity index (χ1n) is 5.01. The Hall–Kier alpha value is -1.40. The van der Waals surface area contributed by atoms with Gasteiger partial charge in [0.1, 0.15) is 0 Å². The number of thiophene rings is 1. The third kappa shape index (κ3) is 3.54. The smallest absolute Gasteiger partial charge is 0.322 e. The second-order valence-corrected chi connectivity index (χ2v) is 4.63. The molecule has 2 rings (SSSR count). The molecule has 17 heavy (non-hydrogen) atoms. The number of anilines is 2. The van der Waals surface area contributed by atoms with Crippen LogP contribution in [-0.4, -0.2) is 21.1 Å². The molecule has 0 aliphatic carbocycles. The van der Waals surface area contributed by atoms with Crippen molar-refractivity contribution >= 4 is 34.6 Å². The lowest BCUT2D eigenvalue weighted by Crippen LogP contribution is -2.10. The van der Waals surface area contributed by atoms with E-state index < -0.39 is 0 Å². The van der Waals surface area contributed by atoms with Crippen LogP contribution in [0.5, 0.6) is 6.01 Å². The first kappa shape index (κ1) is 12.1. The van der Waals surface area contributed by atoms with Gasteiger partial charge in [-0.2, -0.15) is 26.3 Å². The topological polar surface area (TPSA) is 59.9 Å². The van der Waals surface area contributed by atoms with Crippen molar-refractivity contribution in [3.05, 3.63) is 22.1 Å². The zero-order chi connectivity index (χ0) is 12.3. The summed E-state index contributed by atoms with van der Waals surface area (Å²) in [6.07, 6.45) is -0.0116. The van der Waals surface area contributed by atoms with Gasteiger partial charge in [-0.1, -0.05) is 0 Å². The molecule has 1 N–H and O–H groups in total.